The molecule has 0 atom stereocenters. The van der Waals surface area contributed by atoms with E-state index < -0.39 is 0 Å². The topological polar surface area (TPSA) is 151 Å². The molecule has 0 fully saturated rings. The molecule has 3 heterocycles. The number of aliphatic hydroxyl groups is 3. The maximum atomic E-state index is 11.2. The van der Waals surface area contributed by atoms with Crippen LogP contribution in [0.5, 0.6) is 0 Å². The third-order valence-corrected chi connectivity index (χ3v) is 24.8. The van der Waals surface area contributed by atoms with Crippen LogP contribution in [0, 0.1) is 106 Å². The number of fused-ring (bicyclic) bond motifs is 12. The van der Waals surface area contributed by atoms with E-state index in [9.17, 15) is 29.7 Å². The Morgan fingerprint density at radius 1 is 0.321 bits per heavy atom. The van der Waals surface area contributed by atoms with E-state index in [1.54, 1.807) is 0 Å². The van der Waals surface area contributed by atoms with Crippen LogP contribution in [0.2, 0.25) is 0 Å². The predicted octanol–water partition coefficient (Wildman–Crippen LogP) is 32.4. The molecule has 3 aliphatic rings. The van der Waals surface area contributed by atoms with E-state index in [0.29, 0.717) is 91.8 Å². The van der Waals surface area contributed by atoms with Crippen LogP contribution in [0.25, 0.3) is 99.9 Å². The summed E-state index contributed by atoms with van der Waals surface area (Å²) in [7, 11) is 0. The van der Waals surface area contributed by atoms with Crippen molar-refractivity contribution in [1.82, 2.24) is 15.0 Å². The number of carbonyl (C=O) groups excluding carboxylic acids is 3. The quantitative estimate of drug-likeness (QED) is 0.0305. The smallest absolute Gasteiger partial charge is 0.159 e. The van der Waals surface area contributed by atoms with E-state index in [-0.39, 0.29) is 111 Å². The number of aliphatic hydroxyl groups excluding tert-OH is 3. The van der Waals surface area contributed by atoms with Crippen molar-refractivity contribution >= 4 is 50.1 Å². The van der Waals surface area contributed by atoms with Crippen molar-refractivity contribution in [2.45, 2.75) is 275 Å². The molecule has 0 saturated carbocycles. The van der Waals surface area contributed by atoms with Gasteiger partial charge in [-0.3, -0.25) is 29.3 Å². The number of aromatic nitrogens is 3. The summed E-state index contributed by atoms with van der Waals surface area (Å²) < 4.78 is 0. The third-order valence-electron chi connectivity index (χ3n) is 24.8. The van der Waals surface area contributed by atoms with Crippen LogP contribution in [0.15, 0.2) is 205 Å². The number of pyridine rings is 3. The van der Waals surface area contributed by atoms with Crippen LogP contribution in [0.4, 0.5) is 0 Å². The van der Waals surface area contributed by atoms with Crippen LogP contribution in [-0.4, -0.2) is 47.6 Å². The number of hydrogen-bond acceptors (Lipinski definition) is 9. The average molecular weight is 2330 g/mol. The first-order valence-corrected chi connectivity index (χ1v) is 48.1. The standard InChI is InChI=1S/2C30H30N.C29H28N.3C11H20O2.3Ir/c1-18(2)13-21-15-28(22-12-11-19(3)14-20(22)4)31-29-17-27-25(16-24(21)29)23-9-7-8-10-26(23)30(27,5)6;1-18(2)13-21-15-28(23-14-19(3)11-12-20(23)4)31-29-17-27-25(16-24(21)29)22-9-7-8-10-26(22)30(27,5)6;1-18(2)14-20-15-27(21-11-7-6-10-19(21)3)30-28-17-26-24(16-23(20)28)22-12-8-9-13-25(22)29(26,4)5;3*1-8(2)5-10(12)7-11(13)6-9(3)4;;;/h7-11,14-18H,13H2,1-6H3;7-12,15-18H,13H2,1-6H3;6-10,12-13,15-18H,14H2,1-5H3;3*7-9,12H,5-6H2,1-4H3;;;/q3*-1;;;;;;. The number of benzene rings is 9. The summed E-state index contributed by atoms with van der Waals surface area (Å²) >= 11 is 0. The van der Waals surface area contributed by atoms with Gasteiger partial charge in [0.2, 0.25) is 0 Å². The number of allylic oxidation sites excluding steroid dienone is 6. The summed E-state index contributed by atoms with van der Waals surface area (Å²) in [5.74, 6) is 4.69. The number of carbonyl (C=O) groups is 3. The van der Waals surface area contributed by atoms with Gasteiger partial charge in [-0.15, -0.1) is 105 Å². The van der Waals surface area contributed by atoms with Gasteiger partial charge < -0.3 is 15.3 Å². The number of aryl methyl sites for hydroxylation is 5. The van der Waals surface area contributed by atoms with E-state index in [1.165, 1.54) is 140 Å². The molecule has 0 bridgehead atoms. The number of nitrogens with zero attached hydrogens (tertiary/aromatic N) is 3. The van der Waals surface area contributed by atoms with Crippen molar-refractivity contribution in [2.24, 2.45) is 53.3 Å². The summed E-state index contributed by atoms with van der Waals surface area (Å²) in [6.45, 7) is 62.4. The van der Waals surface area contributed by atoms with Gasteiger partial charge in [-0.25, -0.2) is 0 Å². The molecule has 0 spiro atoms. The molecule has 3 aromatic heterocycles. The van der Waals surface area contributed by atoms with Crippen molar-refractivity contribution in [1.29, 1.82) is 0 Å². The fraction of sp³-hybridized carbons (Fsp3) is 0.410. The molecular formula is C122H148Ir3N3O6-3. The monoisotopic (exact) mass is 2330 g/mol. The Labute approximate surface area is 844 Å². The van der Waals surface area contributed by atoms with Crippen molar-refractivity contribution in [3.05, 3.63) is 301 Å². The summed E-state index contributed by atoms with van der Waals surface area (Å²) in [4.78, 5) is 49.1. The molecular weight excluding hydrogens is 2180 g/mol. The van der Waals surface area contributed by atoms with Gasteiger partial charge in [-0.1, -0.05) is 292 Å². The SMILES string of the molecule is CC(C)CC(=O)C=C(O)CC(C)C.CC(C)CC(=O)C=C(O)CC(C)C.CC(C)CC(=O)C=C(O)CC(C)C.Cc1[c-]c(-c2cc(CC(C)C)c3cc4c(cc3n2)C(C)(C)c2ccccc2-4)c(C)cc1.Cc1c[c-]c(-c2cc(CC(C)C)c3cc4c(cc3n2)C(C)(C)c2ccccc2-4)c(C)c1.Cc1ccc[c-]c1-c1cc(CC(C)C)c2cc3c(cc2n1)C(C)(C)c1ccccc1-3.[Ir].[Ir].[Ir]. The molecule has 0 saturated heterocycles. The molecule has 717 valence electrons. The molecule has 3 aliphatic carbocycles. The molecule has 0 amide bonds. The first-order valence-electron chi connectivity index (χ1n) is 48.1. The predicted molar refractivity (Wildman–Crippen MR) is 554 cm³/mol. The van der Waals surface area contributed by atoms with Gasteiger partial charge in [0, 0.05) is 149 Å². The minimum Gasteiger partial charge on any atom is -0.512 e. The minimum atomic E-state index is -0.0125. The second-order valence-electron chi connectivity index (χ2n) is 42.6. The molecule has 12 heteroatoms. The molecule has 9 aromatic carbocycles. The minimum absolute atomic E-state index is 0. The van der Waals surface area contributed by atoms with E-state index in [1.807, 2.05) is 95.2 Å². The number of ketones is 3. The second kappa shape index (κ2) is 48.7. The van der Waals surface area contributed by atoms with E-state index in [2.05, 4.69) is 294 Å². The van der Waals surface area contributed by atoms with Crippen molar-refractivity contribution in [3.8, 4) is 67.2 Å². The Kier molecular flexibility index (Phi) is 40.6. The number of hydrogen-bond donors (Lipinski definition) is 3. The summed E-state index contributed by atoms with van der Waals surface area (Å²) in [6, 6.07) is 72.9. The Balaban J connectivity index is 0.000000228. The molecule has 3 N–H and O–H groups in total. The molecule has 12 aromatic rings. The van der Waals surface area contributed by atoms with Crippen LogP contribution in [0.3, 0.4) is 0 Å². The molecule has 3 radical (unpaired) electrons. The Morgan fingerprint density at radius 3 is 0.918 bits per heavy atom. The van der Waals surface area contributed by atoms with Gasteiger partial charge in [0.1, 0.15) is 0 Å². The second-order valence-corrected chi connectivity index (χ2v) is 42.6. The summed E-state index contributed by atoms with van der Waals surface area (Å²) in [6.07, 6.45) is 10.5. The molecule has 134 heavy (non-hydrogen) atoms. The average Bonchev–Trinajstić information content (AvgIpc) is 1.57. The zero-order chi connectivity index (χ0) is 96.2. The van der Waals surface area contributed by atoms with Crippen LogP contribution in [-0.2, 0) is 110 Å². The molecule has 9 nitrogen and oxygen atoms in total. The first-order chi connectivity index (χ1) is 61.6. The maximum absolute atomic E-state index is 11.2. The van der Waals surface area contributed by atoms with E-state index in [0.717, 1.165) is 75.1 Å². The van der Waals surface area contributed by atoms with Gasteiger partial charge in [0.05, 0.1) is 33.8 Å². The fourth-order valence-corrected chi connectivity index (χ4v) is 18.8. The zero-order valence-electron chi connectivity index (χ0n) is 85.4. The molecule has 0 aliphatic heterocycles. The Hall–Kier alpha value is -9.21. The van der Waals surface area contributed by atoms with Gasteiger partial charge in [-0.2, -0.15) is 0 Å². The van der Waals surface area contributed by atoms with Crippen molar-refractivity contribution in [3.63, 3.8) is 0 Å². The van der Waals surface area contributed by atoms with Crippen LogP contribution in [0.1, 0.15) is 283 Å². The van der Waals surface area contributed by atoms with Crippen molar-refractivity contribution in [2.75, 3.05) is 0 Å². The van der Waals surface area contributed by atoms with Gasteiger partial charge in [-0.05, 0) is 209 Å². The zero-order valence-corrected chi connectivity index (χ0v) is 92.6. The largest absolute Gasteiger partial charge is 0.512 e. The van der Waals surface area contributed by atoms with Crippen LogP contribution < -0.4 is 0 Å². The Morgan fingerprint density at radius 2 is 0.619 bits per heavy atom. The third kappa shape index (κ3) is 28.5. The summed E-state index contributed by atoms with van der Waals surface area (Å²) in [5, 5.41) is 31.9. The Bertz CT molecular complexity index is 6120. The fourth-order valence-electron chi connectivity index (χ4n) is 18.8. The van der Waals surface area contributed by atoms with Crippen LogP contribution >= 0.6 is 0 Å². The van der Waals surface area contributed by atoms with Gasteiger partial charge in [0.25, 0.3) is 0 Å². The van der Waals surface area contributed by atoms with E-state index in [4.69, 9.17) is 15.0 Å². The first kappa shape index (κ1) is 112. The molecule has 0 unspecified atom stereocenters. The normalized spacial score (nSPS) is 13.4. The maximum Gasteiger partial charge on any atom is 0.159 e. The van der Waals surface area contributed by atoms with Gasteiger partial charge >= 0.3 is 0 Å². The summed E-state index contributed by atoms with van der Waals surface area (Å²) in [5.41, 5.74) is 36.5. The number of rotatable bonds is 24. The molecule has 15 rings (SSSR count). The van der Waals surface area contributed by atoms with Crippen molar-refractivity contribution < 1.29 is 90.0 Å². The van der Waals surface area contributed by atoms with E-state index >= 15 is 0 Å². The van der Waals surface area contributed by atoms with Gasteiger partial charge in [0.15, 0.2) is 17.3 Å².